The van der Waals surface area contributed by atoms with Crippen LogP contribution in [0.3, 0.4) is 0 Å². The van der Waals surface area contributed by atoms with Gasteiger partial charge < -0.3 is 15.5 Å². The summed E-state index contributed by atoms with van der Waals surface area (Å²) in [6.07, 6.45) is 0.708. The molecular weight excluding hydrogens is 422 g/mol. The van der Waals surface area contributed by atoms with Crippen LogP contribution in [0.4, 0.5) is 11.4 Å². The number of thioether (sulfide) groups is 1. The van der Waals surface area contributed by atoms with Gasteiger partial charge in [0.05, 0.1) is 22.2 Å². The van der Waals surface area contributed by atoms with Crippen molar-refractivity contribution in [3.05, 3.63) is 52.5 Å². The molecule has 1 unspecified atom stereocenters. The van der Waals surface area contributed by atoms with Crippen molar-refractivity contribution in [3.63, 3.8) is 0 Å². The van der Waals surface area contributed by atoms with Crippen molar-refractivity contribution in [1.29, 1.82) is 0 Å². The monoisotopic (exact) mass is 445 g/mol. The topological polar surface area (TPSA) is 78.5 Å². The molecule has 1 atom stereocenters. The number of carbonyl (C=O) groups excluding carboxylic acids is 3. The second kappa shape index (κ2) is 9.53. The number of hydrogen-bond donors (Lipinski definition) is 2. The van der Waals surface area contributed by atoms with Crippen LogP contribution in [-0.4, -0.2) is 41.0 Å². The largest absolute Gasteiger partial charge is 0.327 e. The molecule has 0 aliphatic carbocycles. The van der Waals surface area contributed by atoms with Crippen LogP contribution in [0.1, 0.15) is 36.2 Å². The van der Waals surface area contributed by atoms with Crippen molar-refractivity contribution in [3.8, 4) is 0 Å². The summed E-state index contributed by atoms with van der Waals surface area (Å²) >= 11 is 7.61. The third kappa shape index (κ3) is 4.96. The van der Waals surface area contributed by atoms with Gasteiger partial charge >= 0.3 is 0 Å². The predicted octanol–water partition coefficient (Wildman–Crippen LogP) is 4.57. The Balaban J connectivity index is 1.79. The summed E-state index contributed by atoms with van der Waals surface area (Å²) in [4.78, 5) is 39.9. The van der Waals surface area contributed by atoms with E-state index in [1.165, 1.54) is 11.8 Å². The Bertz CT molecular complexity index is 975. The highest BCUT2D eigenvalue weighted by Gasteiger charge is 2.25. The van der Waals surface area contributed by atoms with Crippen LogP contribution >= 0.6 is 23.4 Å². The average Bonchev–Trinajstić information content (AvgIpc) is 2.73. The maximum Gasteiger partial charge on any atom is 0.254 e. The van der Waals surface area contributed by atoms with Crippen molar-refractivity contribution in [2.45, 2.75) is 38.1 Å². The van der Waals surface area contributed by atoms with E-state index < -0.39 is 0 Å². The van der Waals surface area contributed by atoms with Crippen molar-refractivity contribution < 1.29 is 14.4 Å². The van der Waals surface area contributed by atoms with Gasteiger partial charge in [0.15, 0.2) is 0 Å². The van der Waals surface area contributed by atoms with E-state index in [0.29, 0.717) is 34.1 Å². The predicted molar refractivity (Wildman–Crippen MR) is 121 cm³/mol. The minimum absolute atomic E-state index is 0.0562. The Morgan fingerprint density at radius 2 is 2.07 bits per heavy atom. The number of para-hydroxylation sites is 1. The van der Waals surface area contributed by atoms with Gasteiger partial charge in [-0.1, -0.05) is 30.7 Å². The van der Waals surface area contributed by atoms with Crippen molar-refractivity contribution >= 4 is 52.5 Å². The van der Waals surface area contributed by atoms with Gasteiger partial charge in [-0.25, -0.2) is 0 Å². The molecule has 158 valence electrons. The molecule has 2 aromatic rings. The van der Waals surface area contributed by atoms with Crippen molar-refractivity contribution in [2.24, 2.45) is 0 Å². The molecule has 0 spiro atoms. The van der Waals surface area contributed by atoms with Crippen LogP contribution < -0.4 is 10.6 Å². The minimum Gasteiger partial charge on any atom is -0.327 e. The van der Waals surface area contributed by atoms with E-state index in [-0.39, 0.29) is 30.3 Å². The molecule has 0 bridgehead atoms. The van der Waals surface area contributed by atoms with E-state index in [0.717, 1.165) is 10.5 Å². The molecule has 0 fully saturated rings. The Labute approximate surface area is 185 Å². The molecule has 1 heterocycles. The average molecular weight is 446 g/mol. The van der Waals surface area contributed by atoms with Gasteiger partial charge in [0.1, 0.15) is 6.54 Å². The van der Waals surface area contributed by atoms with E-state index in [4.69, 9.17) is 11.6 Å². The normalized spacial score (nSPS) is 13.8. The van der Waals surface area contributed by atoms with E-state index in [1.807, 2.05) is 32.9 Å². The maximum atomic E-state index is 13.2. The zero-order valence-electron chi connectivity index (χ0n) is 17.1. The minimum atomic E-state index is -0.306. The molecule has 3 rings (SSSR count). The van der Waals surface area contributed by atoms with Crippen LogP contribution in [-0.2, 0) is 9.59 Å². The standard InChI is InChI=1S/C22H24ClN3O3S/c1-4-14(3)26(11-19(27)25-21-13(2)6-5-7-16(21)23)22(29)15-8-9-17-18(10-15)30-12-20(28)24-17/h5-10,14H,4,11-12H2,1-3H3,(H,24,28)(H,25,27). The summed E-state index contributed by atoms with van der Waals surface area (Å²) in [5.41, 5.74) is 2.60. The first kappa shape index (κ1) is 22.2. The molecule has 0 saturated carbocycles. The number of nitrogens with zero attached hydrogens (tertiary/aromatic N) is 1. The summed E-state index contributed by atoms with van der Waals surface area (Å²) < 4.78 is 0. The highest BCUT2D eigenvalue weighted by atomic mass is 35.5. The third-order valence-corrected chi connectivity index (χ3v) is 6.42. The number of rotatable bonds is 6. The Hall–Kier alpha value is -2.51. The number of fused-ring (bicyclic) bond motifs is 1. The highest BCUT2D eigenvalue weighted by Crippen LogP contribution is 2.32. The molecule has 6 nitrogen and oxygen atoms in total. The molecule has 1 aliphatic heterocycles. The zero-order chi connectivity index (χ0) is 21.8. The van der Waals surface area contributed by atoms with Gasteiger partial charge in [-0.3, -0.25) is 14.4 Å². The second-order valence-corrected chi connectivity index (χ2v) is 8.64. The van der Waals surface area contributed by atoms with Gasteiger partial charge in [0, 0.05) is 16.5 Å². The number of hydrogen-bond acceptors (Lipinski definition) is 4. The fourth-order valence-electron chi connectivity index (χ4n) is 3.15. The molecule has 30 heavy (non-hydrogen) atoms. The molecule has 3 amide bonds. The number of aryl methyl sites for hydroxylation is 1. The van der Waals surface area contributed by atoms with Crippen LogP contribution in [0.2, 0.25) is 5.02 Å². The SMILES string of the molecule is CCC(C)N(CC(=O)Nc1c(C)cccc1Cl)C(=O)c1ccc2c(c1)SCC(=O)N2. The third-order valence-electron chi connectivity index (χ3n) is 5.05. The van der Waals surface area contributed by atoms with Gasteiger partial charge in [-0.15, -0.1) is 11.8 Å². The fraction of sp³-hybridized carbons (Fsp3) is 0.318. The highest BCUT2D eigenvalue weighted by molar-refractivity contribution is 8.00. The Morgan fingerprint density at radius 3 is 2.77 bits per heavy atom. The van der Waals surface area contributed by atoms with Crippen LogP contribution in [0.15, 0.2) is 41.3 Å². The quantitative estimate of drug-likeness (QED) is 0.682. The number of anilines is 2. The first-order chi connectivity index (χ1) is 14.3. The maximum absolute atomic E-state index is 13.2. The van der Waals surface area contributed by atoms with Gasteiger partial charge in [-0.05, 0) is 50.1 Å². The van der Waals surface area contributed by atoms with Gasteiger partial charge in [0.25, 0.3) is 5.91 Å². The first-order valence-corrected chi connectivity index (χ1v) is 11.1. The summed E-state index contributed by atoms with van der Waals surface area (Å²) in [7, 11) is 0. The molecule has 8 heteroatoms. The number of halogens is 1. The number of benzene rings is 2. The molecule has 2 N–H and O–H groups in total. The van der Waals surface area contributed by atoms with Gasteiger partial charge in [0.2, 0.25) is 11.8 Å². The lowest BCUT2D eigenvalue weighted by Gasteiger charge is -2.29. The molecule has 1 aliphatic rings. The van der Waals surface area contributed by atoms with E-state index in [1.54, 1.807) is 29.2 Å². The smallest absolute Gasteiger partial charge is 0.254 e. The first-order valence-electron chi connectivity index (χ1n) is 9.72. The lowest BCUT2D eigenvalue weighted by Crippen LogP contribution is -2.43. The molecule has 0 radical (unpaired) electrons. The van der Waals surface area contributed by atoms with Crippen LogP contribution in [0.5, 0.6) is 0 Å². The number of amides is 3. The summed E-state index contributed by atoms with van der Waals surface area (Å²) in [5, 5.41) is 6.09. The molecule has 2 aromatic carbocycles. The van der Waals surface area contributed by atoms with E-state index in [2.05, 4.69) is 10.6 Å². The van der Waals surface area contributed by atoms with Crippen molar-refractivity contribution in [2.75, 3.05) is 22.9 Å². The number of carbonyl (C=O) groups is 3. The molecule has 0 aromatic heterocycles. The lowest BCUT2D eigenvalue weighted by molar-refractivity contribution is -0.117. The van der Waals surface area contributed by atoms with Crippen LogP contribution in [0.25, 0.3) is 0 Å². The number of nitrogens with one attached hydrogen (secondary N) is 2. The summed E-state index contributed by atoms with van der Waals surface area (Å²) in [5.74, 6) is -0.270. The second-order valence-electron chi connectivity index (χ2n) is 7.22. The van der Waals surface area contributed by atoms with Crippen LogP contribution in [0, 0.1) is 6.92 Å². The Kier molecular flexibility index (Phi) is 7.05. The van der Waals surface area contributed by atoms with E-state index in [9.17, 15) is 14.4 Å². The molecule has 0 saturated heterocycles. The van der Waals surface area contributed by atoms with Gasteiger partial charge in [-0.2, -0.15) is 0 Å². The summed E-state index contributed by atoms with van der Waals surface area (Å²) in [6, 6.07) is 10.5. The zero-order valence-corrected chi connectivity index (χ0v) is 18.7. The van der Waals surface area contributed by atoms with Crippen molar-refractivity contribution in [1.82, 2.24) is 4.90 Å². The molecular formula is C22H24ClN3O3S. The Morgan fingerprint density at radius 1 is 1.30 bits per heavy atom. The lowest BCUT2D eigenvalue weighted by atomic mass is 10.1. The summed E-state index contributed by atoms with van der Waals surface area (Å²) in [6.45, 7) is 5.67. The fourth-order valence-corrected chi connectivity index (χ4v) is 4.26. The van der Waals surface area contributed by atoms with E-state index >= 15 is 0 Å².